The number of nitrogens with one attached hydrogen (secondary N) is 1. The maximum absolute atomic E-state index is 4.51. The van der Waals surface area contributed by atoms with E-state index in [0.717, 1.165) is 22.6 Å². The molecule has 0 saturated carbocycles. The molecule has 2 heterocycles. The van der Waals surface area contributed by atoms with Crippen LogP contribution in [0.3, 0.4) is 0 Å². The minimum atomic E-state index is 0.974. The lowest BCUT2D eigenvalue weighted by Crippen LogP contribution is -1.93. The summed E-state index contributed by atoms with van der Waals surface area (Å²) >= 11 is 0. The number of hydrogen-bond donors (Lipinski definition) is 1. The Morgan fingerprint density at radius 1 is 1.06 bits per heavy atom. The van der Waals surface area contributed by atoms with E-state index in [1.54, 1.807) is 0 Å². The normalized spacial score (nSPS) is 10.8. The number of fused-ring (bicyclic) bond motifs is 1. The Kier molecular flexibility index (Phi) is 2.52. The second-order valence-corrected chi connectivity index (χ2v) is 4.41. The van der Waals surface area contributed by atoms with Gasteiger partial charge < -0.3 is 5.32 Å². The van der Waals surface area contributed by atoms with Crippen molar-refractivity contribution >= 4 is 11.2 Å². The molecule has 0 aliphatic carbocycles. The van der Waals surface area contributed by atoms with Gasteiger partial charge in [-0.1, -0.05) is 29.8 Å². The fraction of sp³-hybridized carbons (Fsp3) is 0.133. The Morgan fingerprint density at radius 3 is 2.56 bits per heavy atom. The van der Waals surface area contributed by atoms with Crippen LogP contribution in [0.1, 0.15) is 5.56 Å². The van der Waals surface area contributed by atoms with Gasteiger partial charge in [-0.2, -0.15) is 0 Å². The van der Waals surface area contributed by atoms with Crippen molar-refractivity contribution in [2.75, 3.05) is 12.4 Å². The summed E-state index contributed by atoms with van der Waals surface area (Å²) in [4.78, 5) is 4.51. The van der Waals surface area contributed by atoms with Crippen LogP contribution in [0.25, 0.3) is 16.9 Å². The van der Waals surface area contributed by atoms with Crippen LogP contribution in [0.4, 0.5) is 5.69 Å². The highest BCUT2D eigenvalue weighted by Crippen LogP contribution is 2.21. The number of anilines is 1. The summed E-state index contributed by atoms with van der Waals surface area (Å²) in [6, 6.07) is 12.6. The molecule has 0 radical (unpaired) electrons. The predicted molar refractivity (Wildman–Crippen MR) is 74.9 cm³/mol. The molecule has 0 aliphatic rings. The zero-order valence-corrected chi connectivity index (χ0v) is 10.5. The number of aryl methyl sites for hydroxylation is 1. The largest absolute Gasteiger partial charge is 0.387 e. The molecule has 1 N–H and O–H groups in total. The predicted octanol–water partition coefficient (Wildman–Crippen LogP) is 3.35. The third-order valence-electron chi connectivity index (χ3n) is 3.13. The standard InChI is InChI=1S/C15H15N3/c1-11-3-5-12(6-4-11)15-17-9-14-8-7-13(16-2)10-18(14)15/h3-10,16H,1-2H3. The number of hydrogen-bond acceptors (Lipinski definition) is 2. The van der Waals surface area contributed by atoms with Gasteiger partial charge in [0.1, 0.15) is 5.82 Å². The molecule has 3 rings (SSSR count). The minimum absolute atomic E-state index is 0.974. The van der Waals surface area contributed by atoms with Crippen LogP contribution >= 0.6 is 0 Å². The van der Waals surface area contributed by atoms with Crippen molar-refractivity contribution in [2.45, 2.75) is 6.92 Å². The first-order chi connectivity index (χ1) is 8.78. The molecule has 1 aromatic carbocycles. The molecule has 3 heteroatoms. The molecule has 0 atom stereocenters. The van der Waals surface area contributed by atoms with Gasteiger partial charge in [0.25, 0.3) is 0 Å². The molecule has 0 unspecified atom stereocenters. The zero-order chi connectivity index (χ0) is 12.5. The van der Waals surface area contributed by atoms with E-state index >= 15 is 0 Å². The number of nitrogens with zero attached hydrogens (tertiary/aromatic N) is 2. The lowest BCUT2D eigenvalue weighted by atomic mass is 10.1. The highest BCUT2D eigenvalue weighted by molar-refractivity contribution is 5.64. The molecule has 90 valence electrons. The van der Waals surface area contributed by atoms with Crippen molar-refractivity contribution in [2.24, 2.45) is 0 Å². The number of benzene rings is 1. The van der Waals surface area contributed by atoms with E-state index in [0.29, 0.717) is 0 Å². The van der Waals surface area contributed by atoms with Gasteiger partial charge in [-0.3, -0.25) is 4.40 Å². The first-order valence-corrected chi connectivity index (χ1v) is 6.00. The number of rotatable bonds is 2. The van der Waals surface area contributed by atoms with E-state index in [2.05, 4.69) is 64.2 Å². The molecule has 0 amide bonds. The highest BCUT2D eigenvalue weighted by Gasteiger charge is 2.06. The Labute approximate surface area is 106 Å². The average molecular weight is 237 g/mol. The summed E-state index contributed by atoms with van der Waals surface area (Å²) in [6.07, 6.45) is 3.96. The van der Waals surface area contributed by atoms with Crippen LogP contribution < -0.4 is 5.32 Å². The molecular weight excluding hydrogens is 222 g/mol. The van der Waals surface area contributed by atoms with Gasteiger partial charge in [0.05, 0.1) is 17.4 Å². The Hall–Kier alpha value is -2.29. The number of imidazole rings is 1. The maximum Gasteiger partial charge on any atom is 0.144 e. The van der Waals surface area contributed by atoms with E-state index in [4.69, 9.17) is 0 Å². The first kappa shape index (κ1) is 10.8. The summed E-state index contributed by atoms with van der Waals surface area (Å²) < 4.78 is 2.11. The van der Waals surface area contributed by atoms with Gasteiger partial charge in [-0.05, 0) is 19.1 Å². The van der Waals surface area contributed by atoms with Crippen LogP contribution in [0.15, 0.2) is 48.8 Å². The van der Waals surface area contributed by atoms with Gasteiger partial charge in [0.2, 0.25) is 0 Å². The molecule has 0 spiro atoms. The van der Waals surface area contributed by atoms with Crippen molar-refractivity contribution in [1.82, 2.24) is 9.38 Å². The number of pyridine rings is 1. The van der Waals surface area contributed by atoms with Crippen LogP contribution in [0.5, 0.6) is 0 Å². The topological polar surface area (TPSA) is 29.3 Å². The van der Waals surface area contributed by atoms with Crippen LogP contribution in [-0.4, -0.2) is 16.4 Å². The van der Waals surface area contributed by atoms with E-state index < -0.39 is 0 Å². The fourth-order valence-electron chi connectivity index (χ4n) is 2.05. The summed E-state index contributed by atoms with van der Waals surface area (Å²) in [6.45, 7) is 2.09. The van der Waals surface area contributed by atoms with Crippen molar-refractivity contribution in [3.63, 3.8) is 0 Å². The van der Waals surface area contributed by atoms with Gasteiger partial charge in [0.15, 0.2) is 0 Å². The Morgan fingerprint density at radius 2 is 1.83 bits per heavy atom. The maximum atomic E-state index is 4.51. The third-order valence-corrected chi connectivity index (χ3v) is 3.13. The van der Waals surface area contributed by atoms with E-state index in [1.807, 2.05) is 13.2 Å². The summed E-state index contributed by atoms with van der Waals surface area (Å²) in [5.41, 5.74) is 4.57. The molecule has 3 nitrogen and oxygen atoms in total. The molecule has 0 fully saturated rings. The second kappa shape index (κ2) is 4.18. The van der Waals surface area contributed by atoms with E-state index in [-0.39, 0.29) is 0 Å². The van der Waals surface area contributed by atoms with Crippen LogP contribution in [0, 0.1) is 6.92 Å². The molecule has 0 saturated heterocycles. The van der Waals surface area contributed by atoms with Crippen LogP contribution in [0.2, 0.25) is 0 Å². The van der Waals surface area contributed by atoms with Crippen molar-refractivity contribution in [3.05, 3.63) is 54.4 Å². The minimum Gasteiger partial charge on any atom is -0.387 e. The van der Waals surface area contributed by atoms with Gasteiger partial charge in [-0.25, -0.2) is 4.98 Å². The quantitative estimate of drug-likeness (QED) is 0.740. The zero-order valence-electron chi connectivity index (χ0n) is 10.5. The monoisotopic (exact) mass is 237 g/mol. The Bertz CT molecular complexity index is 681. The SMILES string of the molecule is CNc1ccc2cnc(-c3ccc(C)cc3)n2c1. The number of aromatic nitrogens is 2. The smallest absolute Gasteiger partial charge is 0.144 e. The summed E-state index contributed by atoms with van der Waals surface area (Å²) in [5.74, 6) is 0.974. The van der Waals surface area contributed by atoms with Crippen molar-refractivity contribution < 1.29 is 0 Å². The molecule has 18 heavy (non-hydrogen) atoms. The first-order valence-electron chi connectivity index (χ1n) is 6.00. The lowest BCUT2D eigenvalue weighted by Gasteiger charge is -2.05. The van der Waals surface area contributed by atoms with Gasteiger partial charge >= 0.3 is 0 Å². The second-order valence-electron chi connectivity index (χ2n) is 4.41. The van der Waals surface area contributed by atoms with Crippen LogP contribution in [-0.2, 0) is 0 Å². The third kappa shape index (κ3) is 1.74. The van der Waals surface area contributed by atoms with Gasteiger partial charge in [0, 0.05) is 18.8 Å². The lowest BCUT2D eigenvalue weighted by molar-refractivity contribution is 1.16. The molecular formula is C15H15N3. The molecule has 3 aromatic rings. The van der Waals surface area contributed by atoms with Crippen molar-refractivity contribution in [3.8, 4) is 11.4 Å². The molecule has 0 bridgehead atoms. The van der Waals surface area contributed by atoms with E-state index in [9.17, 15) is 0 Å². The summed E-state index contributed by atoms with van der Waals surface area (Å²) in [7, 11) is 1.92. The average Bonchev–Trinajstić information content (AvgIpc) is 2.82. The van der Waals surface area contributed by atoms with E-state index in [1.165, 1.54) is 5.56 Å². The fourth-order valence-corrected chi connectivity index (χ4v) is 2.05. The highest BCUT2D eigenvalue weighted by atomic mass is 15.0. The Balaban J connectivity index is 2.19. The molecule has 2 aromatic heterocycles. The summed E-state index contributed by atoms with van der Waals surface area (Å²) in [5, 5.41) is 3.15. The molecule has 0 aliphatic heterocycles. The van der Waals surface area contributed by atoms with Gasteiger partial charge in [-0.15, -0.1) is 0 Å². The van der Waals surface area contributed by atoms with Crippen molar-refractivity contribution in [1.29, 1.82) is 0 Å².